The Hall–Kier alpha value is -2.46. The third-order valence-corrected chi connectivity index (χ3v) is 4.14. The molecule has 23 heavy (non-hydrogen) atoms. The zero-order chi connectivity index (χ0) is 16.1. The molecule has 2 heterocycles. The Labute approximate surface area is 137 Å². The van der Waals surface area contributed by atoms with Gasteiger partial charge < -0.3 is 9.80 Å². The van der Waals surface area contributed by atoms with Crippen molar-refractivity contribution in [1.29, 1.82) is 0 Å². The lowest BCUT2D eigenvalue weighted by Gasteiger charge is -2.39. The Morgan fingerprint density at radius 3 is 2.65 bits per heavy atom. The fourth-order valence-corrected chi connectivity index (χ4v) is 2.87. The van der Waals surface area contributed by atoms with Crippen LogP contribution in [0.3, 0.4) is 0 Å². The van der Waals surface area contributed by atoms with Gasteiger partial charge in [0.15, 0.2) is 0 Å². The number of pyridine rings is 1. The second kappa shape index (κ2) is 7.20. The lowest BCUT2D eigenvalue weighted by molar-refractivity contribution is -0.130. The van der Waals surface area contributed by atoms with Crippen LogP contribution in [0.5, 0.6) is 0 Å². The van der Waals surface area contributed by atoms with E-state index in [1.54, 1.807) is 18.3 Å². The van der Waals surface area contributed by atoms with Gasteiger partial charge >= 0.3 is 0 Å². The van der Waals surface area contributed by atoms with Crippen LogP contribution in [-0.4, -0.2) is 47.4 Å². The minimum absolute atomic E-state index is 0.0395. The van der Waals surface area contributed by atoms with Crippen molar-refractivity contribution < 1.29 is 4.79 Å². The van der Waals surface area contributed by atoms with E-state index < -0.39 is 0 Å². The zero-order valence-electron chi connectivity index (χ0n) is 13.3. The van der Waals surface area contributed by atoms with Crippen molar-refractivity contribution in [3.05, 3.63) is 72.1 Å². The van der Waals surface area contributed by atoms with Gasteiger partial charge in [0.1, 0.15) is 0 Å². The molecule has 1 saturated heterocycles. The number of hydrogen-bond acceptors (Lipinski definition) is 3. The average molecular weight is 307 g/mol. The number of carbonyl (C=O) groups excluding carboxylic acids is 1. The molecule has 1 unspecified atom stereocenters. The minimum atomic E-state index is 0.0395. The van der Waals surface area contributed by atoms with Crippen LogP contribution in [0.15, 0.2) is 60.8 Å². The Kier molecular flexibility index (Phi) is 4.83. The molecule has 118 valence electrons. The third-order valence-electron chi connectivity index (χ3n) is 4.14. The first-order valence-corrected chi connectivity index (χ1v) is 7.87. The molecule has 1 aliphatic rings. The van der Waals surface area contributed by atoms with Crippen molar-refractivity contribution in [3.8, 4) is 0 Å². The van der Waals surface area contributed by atoms with Gasteiger partial charge in [-0.3, -0.25) is 9.78 Å². The summed E-state index contributed by atoms with van der Waals surface area (Å²) in [5, 5.41) is 0. The van der Waals surface area contributed by atoms with Crippen molar-refractivity contribution in [1.82, 2.24) is 14.8 Å². The highest BCUT2D eigenvalue weighted by molar-refractivity contribution is 5.92. The number of aromatic nitrogens is 1. The number of rotatable bonds is 3. The van der Waals surface area contributed by atoms with E-state index in [0.29, 0.717) is 0 Å². The topological polar surface area (TPSA) is 36.4 Å². The van der Waals surface area contributed by atoms with Gasteiger partial charge in [0.2, 0.25) is 5.91 Å². The van der Waals surface area contributed by atoms with Crippen LogP contribution in [0.4, 0.5) is 0 Å². The van der Waals surface area contributed by atoms with Crippen LogP contribution in [0, 0.1) is 0 Å². The van der Waals surface area contributed by atoms with Crippen LogP contribution >= 0.6 is 0 Å². The van der Waals surface area contributed by atoms with Crippen molar-refractivity contribution in [3.63, 3.8) is 0 Å². The first kappa shape index (κ1) is 15.4. The van der Waals surface area contributed by atoms with Crippen LogP contribution < -0.4 is 0 Å². The highest BCUT2D eigenvalue weighted by Gasteiger charge is 2.28. The molecule has 1 aliphatic heterocycles. The molecule has 3 rings (SSSR count). The molecule has 1 amide bonds. The van der Waals surface area contributed by atoms with E-state index in [-0.39, 0.29) is 11.9 Å². The van der Waals surface area contributed by atoms with E-state index in [1.165, 1.54) is 5.56 Å². The normalized spacial score (nSPS) is 19.2. The van der Waals surface area contributed by atoms with Crippen molar-refractivity contribution >= 4 is 12.0 Å². The number of nitrogens with zero attached hydrogens (tertiary/aromatic N) is 3. The van der Waals surface area contributed by atoms with Crippen molar-refractivity contribution in [2.45, 2.75) is 6.04 Å². The van der Waals surface area contributed by atoms with E-state index in [0.717, 1.165) is 25.3 Å². The van der Waals surface area contributed by atoms with Gasteiger partial charge in [0.05, 0.1) is 11.7 Å². The number of benzene rings is 1. The highest BCUT2D eigenvalue weighted by Crippen LogP contribution is 2.25. The van der Waals surface area contributed by atoms with Gasteiger partial charge in [-0.15, -0.1) is 0 Å². The molecule has 1 fully saturated rings. The first-order chi connectivity index (χ1) is 11.2. The number of carbonyl (C=O) groups is 1. The molecule has 4 nitrogen and oxygen atoms in total. The summed E-state index contributed by atoms with van der Waals surface area (Å²) in [6.07, 6.45) is 5.14. The van der Waals surface area contributed by atoms with Crippen LogP contribution in [-0.2, 0) is 4.79 Å². The third kappa shape index (κ3) is 3.85. The second-order valence-electron chi connectivity index (χ2n) is 5.81. The predicted octanol–water partition coefficient (Wildman–Crippen LogP) is 2.61. The van der Waals surface area contributed by atoms with Gasteiger partial charge in [-0.05, 0) is 30.8 Å². The van der Waals surface area contributed by atoms with Crippen molar-refractivity contribution in [2.24, 2.45) is 0 Å². The van der Waals surface area contributed by atoms with Gasteiger partial charge in [-0.1, -0.05) is 36.4 Å². The zero-order valence-corrected chi connectivity index (χ0v) is 13.3. The maximum atomic E-state index is 12.7. The molecular formula is C19H21N3O. The summed E-state index contributed by atoms with van der Waals surface area (Å²) < 4.78 is 0. The lowest BCUT2D eigenvalue weighted by atomic mass is 10.0. The van der Waals surface area contributed by atoms with Crippen LogP contribution in [0.1, 0.15) is 17.3 Å². The van der Waals surface area contributed by atoms with Gasteiger partial charge in [-0.25, -0.2) is 0 Å². The molecule has 4 heteroatoms. The van der Waals surface area contributed by atoms with E-state index in [4.69, 9.17) is 0 Å². The molecular weight excluding hydrogens is 286 g/mol. The first-order valence-electron chi connectivity index (χ1n) is 7.87. The van der Waals surface area contributed by atoms with Crippen LogP contribution in [0.25, 0.3) is 6.08 Å². The summed E-state index contributed by atoms with van der Waals surface area (Å²) >= 11 is 0. The summed E-state index contributed by atoms with van der Waals surface area (Å²) in [6.45, 7) is 2.49. The quantitative estimate of drug-likeness (QED) is 0.818. The van der Waals surface area contributed by atoms with E-state index in [9.17, 15) is 4.79 Å². The Morgan fingerprint density at radius 2 is 1.91 bits per heavy atom. The predicted molar refractivity (Wildman–Crippen MR) is 91.7 cm³/mol. The number of amides is 1. The molecule has 1 aromatic heterocycles. The minimum Gasteiger partial charge on any atom is -0.330 e. The van der Waals surface area contributed by atoms with E-state index >= 15 is 0 Å². The van der Waals surface area contributed by atoms with Gasteiger partial charge in [-0.2, -0.15) is 0 Å². The molecule has 0 bridgehead atoms. The average Bonchev–Trinajstić information content (AvgIpc) is 2.61. The molecule has 1 aromatic carbocycles. The molecule has 0 aliphatic carbocycles. The number of likely N-dealkylation sites (N-methyl/N-ethyl adjacent to an activating group) is 1. The fraction of sp³-hybridized carbons (Fsp3) is 0.263. The summed E-state index contributed by atoms with van der Waals surface area (Å²) in [4.78, 5) is 21.1. The van der Waals surface area contributed by atoms with Crippen molar-refractivity contribution in [2.75, 3.05) is 26.7 Å². The maximum absolute atomic E-state index is 12.7. The van der Waals surface area contributed by atoms with E-state index in [2.05, 4.69) is 29.1 Å². The molecule has 0 saturated carbocycles. The summed E-state index contributed by atoms with van der Waals surface area (Å²) in [7, 11) is 2.10. The SMILES string of the molecule is CN1CCN(C(=O)/C=C/c2ccccn2)C(c2ccccc2)C1. The molecule has 0 N–H and O–H groups in total. The van der Waals surface area contributed by atoms with Crippen LogP contribution in [0.2, 0.25) is 0 Å². The lowest BCUT2D eigenvalue weighted by Crippen LogP contribution is -2.48. The Bertz CT molecular complexity index is 670. The molecule has 0 spiro atoms. The molecule has 1 atom stereocenters. The second-order valence-corrected chi connectivity index (χ2v) is 5.81. The summed E-state index contributed by atoms with van der Waals surface area (Å²) in [5.41, 5.74) is 1.98. The molecule has 2 aromatic rings. The molecule has 0 radical (unpaired) electrons. The number of hydrogen-bond donors (Lipinski definition) is 0. The summed E-state index contributed by atoms with van der Waals surface area (Å²) in [5.74, 6) is 0.0395. The Morgan fingerprint density at radius 1 is 1.13 bits per heavy atom. The monoisotopic (exact) mass is 307 g/mol. The van der Waals surface area contributed by atoms with Gasteiger partial charge in [0.25, 0.3) is 0 Å². The standard InChI is InChI=1S/C19H21N3O/c1-21-13-14-22(18(15-21)16-7-3-2-4-8-16)19(23)11-10-17-9-5-6-12-20-17/h2-12,18H,13-15H2,1H3/b11-10+. The number of piperazine rings is 1. The van der Waals surface area contributed by atoms with E-state index in [1.807, 2.05) is 41.3 Å². The smallest absolute Gasteiger partial charge is 0.247 e. The Balaban J connectivity index is 1.78. The maximum Gasteiger partial charge on any atom is 0.247 e. The largest absolute Gasteiger partial charge is 0.330 e. The van der Waals surface area contributed by atoms with Gasteiger partial charge in [0, 0.05) is 31.9 Å². The highest BCUT2D eigenvalue weighted by atomic mass is 16.2. The fourth-order valence-electron chi connectivity index (χ4n) is 2.87. The summed E-state index contributed by atoms with van der Waals surface area (Å²) in [6, 6.07) is 16.0.